The number of benzene rings is 1. The number of nitrogens with zero attached hydrogens (tertiary/aromatic N) is 3. The summed E-state index contributed by atoms with van der Waals surface area (Å²) in [6.07, 6.45) is 0. The fourth-order valence-corrected chi connectivity index (χ4v) is 2.87. The number of carbonyl (C=O) groups is 2. The average Bonchev–Trinajstić information content (AvgIpc) is 2.64. The molecule has 1 saturated heterocycles. The molecule has 1 aliphatic heterocycles. The van der Waals surface area contributed by atoms with Crippen LogP contribution in [0.2, 0.25) is 0 Å². The Morgan fingerprint density at radius 1 is 1.08 bits per heavy atom. The van der Waals surface area contributed by atoms with Crippen LogP contribution in [0.15, 0.2) is 42.5 Å². The summed E-state index contributed by atoms with van der Waals surface area (Å²) in [7, 11) is 0. The molecule has 1 aliphatic rings. The Labute approximate surface area is 151 Å². The summed E-state index contributed by atoms with van der Waals surface area (Å²) in [6, 6.07) is 11.1. The van der Waals surface area contributed by atoms with E-state index in [9.17, 15) is 14.0 Å². The molecular weight excluding hydrogens is 335 g/mol. The van der Waals surface area contributed by atoms with Crippen LogP contribution in [0.4, 0.5) is 10.1 Å². The molecule has 0 aliphatic carbocycles. The number of carbonyl (C=O) groups excluding carboxylic acids is 2. The van der Waals surface area contributed by atoms with Crippen molar-refractivity contribution in [2.24, 2.45) is 0 Å². The first-order chi connectivity index (χ1) is 12.5. The number of hydrogen-bond acceptors (Lipinski definition) is 4. The van der Waals surface area contributed by atoms with Crippen LogP contribution in [-0.2, 0) is 4.79 Å². The first kappa shape index (κ1) is 18.0. The minimum atomic E-state index is -0.341. The monoisotopic (exact) mass is 356 g/mol. The first-order valence-electron chi connectivity index (χ1n) is 8.52. The molecule has 6 nitrogen and oxygen atoms in total. The third-order valence-corrected chi connectivity index (χ3v) is 4.26. The maximum Gasteiger partial charge on any atom is 0.272 e. The second kappa shape index (κ2) is 8.05. The van der Waals surface area contributed by atoms with Crippen LogP contribution in [0.1, 0.15) is 16.2 Å². The predicted octanol–water partition coefficient (Wildman–Crippen LogP) is 1.93. The molecule has 2 heterocycles. The van der Waals surface area contributed by atoms with Crippen LogP contribution in [0, 0.1) is 12.7 Å². The Balaban J connectivity index is 1.48. The highest BCUT2D eigenvalue weighted by molar-refractivity contribution is 5.93. The van der Waals surface area contributed by atoms with Gasteiger partial charge >= 0.3 is 0 Å². The van der Waals surface area contributed by atoms with Crippen molar-refractivity contribution in [3.05, 3.63) is 59.7 Å². The van der Waals surface area contributed by atoms with E-state index in [2.05, 4.69) is 10.3 Å². The van der Waals surface area contributed by atoms with Gasteiger partial charge in [-0.15, -0.1) is 0 Å². The van der Waals surface area contributed by atoms with E-state index in [0.717, 1.165) is 5.69 Å². The Kier molecular flexibility index (Phi) is 5.58. The van der Waals surface area contributed by atoms with Crippen LogP contribution >= 0.6 is 0 Å². The van der Waals surface area contributed by atoms with Crippen LogP contribution in [0.25, 0.3) is 0 Å². The van der Waals surface area contributed by atoms with Gasteiger partial charge in [0.1, 0.15) is 11.5 Å². The number of pyridine rings is 1. The first-order valence-corrected chi connectivity index (χ1v) is 8.52. The molecule has 1 N–H and O–H groups in total. The van der Waals surface area contributed by atoms with Crippen LogP contribution in [-0.4, -0.2) is 59.3 Å². The lowest BCUT2D eigenvalue weighted by Crippen LogP contribution is -2.50. The molecule has 0 atom stereocenters. The number of nitrogens with one attached hydrogen (secondary N) is 1. The van der Waals surface area contributed by atoms with Gasteiger partial charge in [0.25, 0.3) is 5.91 Å². The molecule has 0 unspecified atom stereocenters. The Morgan fingerprint density at radius 2 is 1.77 bits per heavy atom. The summed E-state index contributed by atoms with van der Waals surface area (Å²) in [6.45, 7) is 4.44. The molecule has 0 saturated carbocycles. The van der Waals surface area contributed by atoms with Crippen LogP contribution in [0.3, 0.4) is 0 Å². The third-order valence-electron chi connectivity index (χ3n) is 4.26. The number of piperazine rings is 1. The van der Waals surface area contributed by atoms with Gasteiger partial charge in [-0.25, -0.2) is 9.37 Å². The molecule has 136 valence electrons. The smallest absolute Gasteiger partial charge is 0.272 e. The molecule has 1 aromatic heterocycles. The fourth-order valence-electron chi connectivity index (χ4n) is 2.87. The molecule has 7 heteroatoms. The second-order valence-corrected chi connectivity index (χ2v) is 6.29. The predicted molar refractivity (Wildman–Crippen MR) is 96.3 cm³/mol. The minimum Gasteiger partial charge on any atom is -0.335 e. The van der Waals surface area contributed by atoms with Gasteiger partial charge in [-0.3, -0.25) is 14.5 Å². The van der Waals surface area contributed by atoms with Crippen molar-refractivity contribution < 1.29 is 14.0 Å². The molecule has 2 amide bonds. The van der Waals surface area contributed by atoms with Gasteiger partial charge < -0.3 is 10.2 Å². The van der Waals surface area contributed by atoms with E-state index >= 15 is 0 Å². The number of aromatic nitrogens is 1. The van der Waals surface area contributed by atoms with Gasteiger partial charge in [0, 0.05) is 37.6 Å². The van der Waals surface area contributed by atoms with E-state index in [1.165, 1.54) is 24.3 Å². The lowest BCUT2D eigenvalue weighted by Gasteiger charge is -2.34. The highest BCUT2D eigenvalue weighted by Crippen LogP contribution is 2.10. The van der Waals surface area contributed by atoms with E-state index in [4.69, 9.17) is 0 Å². The van der Waals surface area contributed by atoms with E-state index in [1.54, 1.807) is 11.0 Å². The summed E-state index contributed by atoms with van der Waals surface area (Å²) >= 11 is 0. The minimum absolute atomic E-state index is 0.0795. The lowest BCUT2D eigenvalue weighted by molar-refractivity contribution is -0.117. The van der Waals surface area contributed by atoms with E-state index in [0.29, 0.717) is 37.6 Å². The van der Waals surface area contributed by atoms with Crippen molar-refractivity contribution in [3.8, 4) is 0 Å². The van der Waals surface area contributed by atoms with Gasteiger partial charge in [0.05, 0.1) is 6.54 Å². The van der Waals surface area contributed by atoms with Gasteiger partial charge in [0.2, 0.25) is 5.91 Å². The highest BCUT2D eigenvalue weighted by Gasteiger charge is 2.24. The highest BCUT2D eigenvalue weighted by atomic mass is 19.1. The maximum absolute atomic E-state index is 12.9. The zero-order valence-corrected chi connectivity index (χ0v) is 14.6. The van der Waals surface area contributed by atoms with Gasteiger partial charge in [-0.1, -0.05) is 6.07 Å². The molecule has 1 aromatic carbocycles. The van der Waals surface area contributed by atoms with E-state index < -0.39 is 0 Å². The Hall–Kier alpha value is -2.80. The van der Waals surface area contributed by atoms with Crippen LogP contribution < -0.4 is 5.32 Å². The molecule has 3 rings (SSSR count). The zero-order chi connectivity index (χ0) is 18.5. The largest absolute Gasteiger partial charge is 0.335 e. The number of aryl methyl sites for hydroxylation is 1. The molecule has 0 bridgehead atoms. The van der Waals surface area contributed by atoms with Gasteiger partial charge in [-0.2, -0.15) is 0 Å². The van der Waals surface area contributed by atoms with Crippen LogP contribution in [0.5, 0.6) is 0 Å². The molecule has 1 fully saturated rings. The Bertz CT molecular complexity index is 786. The number of rotatable bonds is 4. The number of hydrogen-bond donors (Lipinski definition) is 1. The van der Waals surface area contributed by atoms with Crippen molar-refractivity contribution in [1.29, 1.82) is 0 Å². The summed E-state index contributed by atoms with van der Waals surface area (Å²) in [5.41, 5.74) is 1.83. The second-order valence-electron chi connectivity index (χ2n) is 6.29. The summed E-state index contributed by atoms with van der Waals surface area (Å²) in [4.78, 5) is 32.6. The summed E-state index contributed by atoms with van der Waals surface area (Å²) < 4.78 is 12.9. The third kappa shape index (κ3) is 4.64. The molecule has 26 heavy (non-hydrogen) atoms. The topological polar surface area (TPSA) is 65.5 Å². The number of amides is 2. The van der Waals surface area contributed by atoms with E-state index in [-0.39, 0.29) is 24.2 Å². The molecule has 0 spiro atoms. The summed E-state index contributed by atoms with van der Waals surface area (Å²) in [5.74, 6) is -0.576. The zero-order valence-electron chi connectivity index (χ0n) is 14.6. The SMILES string of the molecule is Cc1cccc(C(=O)N2CCN(CC(=O)Nc3ccc(F)cc3)CC2)n1. The quantitative estimate of drug-likeness (QED) is 0.909. The Morgan fingerprint density at radius 3 is 2.42 bits per heavy atom. The van der Waals surface area contributed by atoms with Crippen molar-refractivity contribution >= 4 is 17.5 Å². The fraction of sp³-hybridized carbons (Fsp3) is 0.316. The molecular formula is C19H21FN4O2. The van der Waals surface area contributed by atoms with Gasteiger partial charge in [-0.05, 0) is 43.3 Å². The standard InChI is InChI=1S/C19H21FN4O2/c1-14-3-2-4-17(21-14)19(26)24-11-9-23(10-12-24)13-18(25)22-16-7-5-15(20)6-8-16/h2-8H,9-13H2,1H3,(H,22,25). The summed E-state index contributed by atoms with van der Waals surface area (Å²) in [5, 5.41) is 2.74. The van der Waals surface area contributed by atoms with Crippen molar-refractivity contribution in [3.63, 3.8) is 0 Å². The van der Waals surface area contributed by atoms with E-state index in [1.807, 2.05) is 24.0 Å². The van der Waals surface area contributed by atoms with Crippen molar-refractivity contribution in [2.75, 3.05) is 38.0 Å². The lowest BCUT2D eigenvalue weighted by atomic mass is 10.2. The average molecular weight is 356 g/mol. The maximum atomic E-state index is 12.9. The molecule has 2 aromatic rings. The van der Waals surface area contributed by atoms with Crippen molar-refractivity contribution in [2.45, 2.75) is 6.92 Å². The molecule has 0 radical (unpaired) electrons. The number of anilines is 1. The van der Waals surface area contributed by atoms with Gasteiger partial charge in [0.15, 0.2) is 0 Å². The van der Waals surface area contributed by atoms with Crippen molar-refractivity contribution in [1.82, 2.24) is 14.8 Å². The number of halogens is 1. The normalized spacial score (nSPS) is 14.9.